The summed E-state index contributed by atoms with van der Waals surface area (Å²) >= 11 is 0. The van der Waals surface area contributed by atoms with Gasteiger partial charge in [0.1, 0.15) is 6.04 Å². The molecule has 1 N–H and O–H groups in total. The van der Waals surface area contributed by atoms with Crippen molar-refractivity contribution in [1.29, 1.82) is 0 Å². The van der Waals surface area contributed by atoms with Crippen LogP contribution in [-0.4, -0.2) is 36.8 Å². The van der Waals surface area contributed by atoms with Gasteiger partial charge in [-0.3, -0.25) is 10.1 Å². The standard InChI is InChI=1S/C28H37F3N2O4/c1-8-36-26(34)23-21(27(4,5)6)24(22(33-23)20-12-10-9-11-19(20)16(2)3)37-15-17-13-18(28(29,30)31)14-32-25(17)35-7/h9-14,16,21-24,33H,8,15H2,1-7H3/t21-,22+,23+,24+/m1/s1. The third-order valence-electron chi connectivity index (χ3n) is 6.77. The predicted molar refractivity (Wildman–Crippen MR) is 134 cm³/mol. The molecule has 2 aromatic rings. The highest BCUT2D eigenvalue weighted by molar-refractivity contribution is 5.77. The molecule has 6 nitrogen and oxygen atoms in total. The Balaban J connectivity index is 2.07. The van der Waals surface area contributed by atoms with Gasteiger partial charge < -0.3 is 14.2 Å². The summed E-state index contributed by atoms with van der Waals surface area (Å²) in [6.45, 7) is 12.1. The van der Waals surface area contributed by atoms with Gasteiger partial charge in [0.25, 0.3) is 0 Å². The minimum atomic E-state index is -4.55. The van der Waals surface area contributed by atoms with Gasteiger partial charge in [-0.15, -0.1) is 0 Å². The summed E-state index contributed by atoms with van der Waals surface area (Å²) in [7, 11) is 1.35. The smallest absolute Gasteiger partial charge is 0.417 e. The van der Waals surface area contributed by atoms with Crippen LogP contribution in [0.4, 0.5) is 13.2 Å². The van der Waals surface area contributed by atoms with Crippen LogP contribution < -0.4 is 10.1 Å². The number of aromatic nitrogens is 1. The van der Waals surface area contributed by atoms with Crippen LogP contribution in [0.3, 0.4) is 0 Å². The number of methoxy groups -OCH3 is 1. The fourth-order valence-corrected chi connectivity index (χ4v) is 5.14. The number of ether oxygens (including phenoxy) is 3. The van der Waals surface area contributed by atoms with Crippen LogP contribution in [0.2, 0.25) is 0 Å². The molecule has 2 heterocycles. The molecule has 0 aliphatic carbocycles. The number of alkyl halides is 3. The summed E-state index contributed by atoms with van der Waals surface area (Å²) in [5.41, 5.74) is 0.990. The van der Waals surface area contributed by atoms with Gasteiger partial charge in [0, 0.05) is 17.7 Å². The van der Waals surface area contributed by atoms with Gasteiger partial charge in [-0.1, -0.05) is 58.9 Å². The van der Waals surface area contributed by atoms with Crippen LogP contribution >= 0.6 is 0 Å². The summed E-state index contributed by atoms with van der Waals surface area (Å²) in [4.78, 5) is 16.9. The van der Waals surface area contributed by atoms with Crippen molar-refractivity contribution in [2.45, 2.75) is 78.4 Å². The number of carbonyl (C=O) groups is 1. The van der Waals surface area contributed by atoms with Crippen molar-refractivity contribution >= 4 is 5.97 Å². The Kier molecular flexibility index (Phi) is 8.90. The molecule has 0 bridgehead atoms. The lowest BCUT2D eigenvalue weighted by Gasteiger charge is -2.35. The van der Waals surface area contributed by atoms with E-state index in [-0.39, 0.29) is 48.5 Å². The molecule has 1 fully saturated rings. The van der Waals surface area contributed by atoms with Crippen molar-refractivity contribution in [1.82, 2.24) is 10.3 Å². The first-order chi connectivity index (χ1) is 17.3. The van der Waals surface area contributed by atoms with Crippen LogP contribution in [0.1, 0.15) is 75.8 Å². The van der Waals surface area contributed by atoms with Crippen molar-refractivity contribution in [3.8, 4) is 5.88 Å². The highest BCUT2D eigenvalue weighted by Crippen LogP contribution is 2.46. The second-order valence-corrected chi connectivity index (χ2v) is 10.7. The summed E-state index contributed by atoms with van der Waals surface area (Å²) in [5, 5.41) is 3.47. The predicted octanol–water partition coefficient (Wildman–Crippen LogP) is 6.06. The first-order valence-electron chi connectivity index (χ1n) is 12.5. The molecule has 4 atom stereocenters. The molecule has 9 heteroatoms. The SMILES string of the molecule is CCOC(=O)[C@H]1N[C@@H](c2ccccc2C(C)C)[C@@H](OCc2cc(C(F)(F)F)cnc2OC)[C@@H]1C(C)(C)C. The second kappa shape index (κ2) is 11.4. The van der Waals surface area contributed by atoms with E-state index >= 15 is 0 Å². The van der Waals surface area contributed by atoms with E-state index in [1.54, 1.807) is 6.92 Å². The summed E-state index contributed by atoms with van der Waals surface area (Å²) in [5.74, 6) is -0.436. The molecule has 1 saturated heterocycles. The van der Waals surface area contributed by atoms with E-state index in [9.17, 15) is 18.0 Å². The van der Waals surface area contributed by atoms with Crippen molar-refractivity contribution in [3.05, 3.63) is 58.8 Å². The molecule has 1 aliphatic heterocycles. The van der Waals surface area contributed by atoms with E-state index in [1.807, 2.05) is 45.0 Å². The average molecular weight is 523 g/mol. The van der Waals surface area contributed by atoms with Gasteiger partial charge in [-0.2, -0.15) is 13.2 Å². The third kappa shape index (κ3) is 6.44. The molecule has 204 valence electrons. The molecule has 1 aliphatic rings. The molecule has 1 aromatic heterocycles. The van der Waals surface area contributed by atoms with Crippen molar-refractivity contribution < 1.29 is 32.2 Å². The molecule has 0 spiro atoms. The van der Waals surface area contributed by atoms with E-state index in [0.29, 0.717) is 0 Å². The summed E-state index contributed by atoms with van der Waals surface area (Å²) in [6, 6.07) is 7.90. The number of rotatable bonds is 8. The first-order valence-corrected chi connectivity index (χ1v) is 12.5. The molecule has 3 rings (SSSR count). The van der Waals surface area contributed by atoms with E-state index < -0.39 is 29.3 Å². The van der Waals surface area contributed by atoms with Crippen LogP contribution in [0.15, 0.2) is 36.5 Å². The average Bonchev–Trinajstić information content (AvgIpc) is 3.22. The summed E-state index contributed by atoms with van der Waals surface area (Å²) < 4.78 is 57.3. The monoisotopic (exact) mass is 522 g/mol. The number of esters is 1. The van der Waals surface area contributed by atoms with Crippen molar-refractivity contribution in [3.63, 3.8) is 0 Å². The van der Waals surface area contributed by atoms with E-state index in [4.69, 9.17) is 14.2 Å². The lowest BCUT2D eigenvalue weighted by Crippen LogP contribution is -2.44. The number of pyridine rings is 1. The Morgan fingerprint density at radius 1 is 1.16 bits per heavy atom. The third-order valence-corrected chi connectivity index (χ3v) is 6.77. The maximum Gasteiger partial charge on any atom is 0.417 e. The van der Waals surface area contributed by atoms with Gasteiger partial charge in [-0.05, 0) is 35.4 Å². The lowest BCUT2D eigenvalue weighted by atomic mass is 9.73. The molecule has 37 heavy (non-hydrogen) atoms. The zero-order chi connectivity index (χ0) is 27.5. The molecule has 0 unspecified atom stereocenters. The Hall–Kier alpha value is -2.65. The van der Waals surface area contributed by atoms with E-state index in [0.717, 1.165) is 23.4 Å². The highest BCUT2D eigenvalue weighted by atomic mass is 19.4. The zero-order valence-corrected chi connectivity index (χ0v) is 22.5. The van der Waals surface area contributed by atoms with Gasteiger partial charge in [0.15, 0.2) is 0 Å². The van der Waals surface area contributed by atoms with Crippen LogP contribution in [-0.2, 0) is 27.1 Å². The molecular weight excluding hydrogens is 485 g/mol. The highest BCUT2D eigenvalue weighted by Gasteiger charge is 2.53. The number of hydrogen-bond acceptors (Lipinski definition) is 6. The fourth-order valence-electron chi connectivity index (χ4n) is 5.14. The normalized spacial score (nSPS) is 22.4. The molecule has 0 amide bonds. The Bertz CT molecular complexity index is 1080. The zero-order valence-electron chi connectivity index (χ0n) is 22.5. The molecule has 0 radical (unpaired) electrons. The number of hydrogen-bond donors (Lipinski definition) is 1. The van der Waals surface area contributed by atoms with Crippen molar-refractivity contribution in [2.24, 2.45) is 11.3 Å². The molecule has 0 saturated carbocycles. The Labute approximate surface area is 216 Å². The maximum atomic E-state index is 13.4. The van der Waals surface area contributed by atoms with Gasteiger partial charge in [0.2, 0.25) is 5.88 Å². The Morgan fingerprint density at radius 2 is 1.84 bits per heavy atom. The Morgan fingerprint density at radius 3 is 2.41 bits per heavy atom. The molecule has 1 aromatic carbocycles. The van der Waals surface area contributed by atoms with E-state index in [2.05, 4.69) is 24.1 Å². The second-order valence-electron chi connectivity index (χ2n) is 10.7. The number of nitrogens with one attached hydrogen (secondary N) is 1. The largest absolute Gasteiger partial charge is 0.481 e. The van der Waals surface area contributed by atoms with Crippen LogP contribution in [0.5, 0.6) is 5.88 Å². The lowest BCUT2D eigenvalue weighted by molar-refractivity contribution is -0.148. The van der Waals surface area contributed by atoms with Crippen LogP contribution in [0, 0.1) is 11.3 Å². The van der Waals surface area contributed by atoms with Crippen LogP contribution in [0.25, 0.3) is 0 Å². The number of carbonyl (C=O) groups excluding carboxylic acids is 1. The van der Waals surface area contributed by atoms with E-state index in [1.165, 1.54) is 7.11 Å². The topological polar surface area (TPSA) is 69.7 Å². The minimum absolute atomic E-state index is 0.0624. The summed E-state index contributed by atoms with van der Waals surface area (Å²) in [6.07, 6.45) is -4.35. The number of halogens is 3. The van der Waals surface area contributed by atoms with Gasteiger partial charge in [-0.25, -0.2) is 4.98 Å². The number of nitrogens with zero attached hydrogens (tertiary/aromatic N) is 1. The first kappa shape index (κ1) is 28.9. The quantitative estimate of drug-likeness (QED) is 0.426. The minimum Gasteiger partial charge on any atom is -0.481 e. The van der Waals surface area contributed by atoms with Gasteiger partial charge >= 0.3 is 12.1 Å². The number of benzene rings is 1. The molecular formula is C28H37F3N2O4. The fraction of sp³-hybridized carbons (Fsp3) is 0.571. The van der Waals surface area contributed by atoms with Crippen molar-refractivity contribution in [2.75, 3.05) is 13.7 Å². The maximum absolute atomic E-state index is 13.4. The van der Waals surface area contributed by atoms with Gasteiger partial charge in [0.05, 0.1) is 38.0 Å².